The molecule has 3 atom stereocenters. The molecule has 0 saturated carbocycles. The first-order valence-corrected chi connectivity index (χ1v) is 11.5. The molecule has 1 saturated heterocycles. The summed E-state index contributed by atoms with van der Waals surface area (Å²) in [6.07, 6.45) is 5.87. The van der Waals surface area contributed by atoms with Crippen molar-refractivity contribution in [2.24, 2.45) is 0 Å². The SMILES string of the molecule is C#CC(C)NCCN1C(=O)N2C(c3ccccc3)c3[nH]c4ccc(OC)cc4c3C[C@@]2(C)C1=O. The van der Waals surface area contributed by atoms with Crippen LogP contribution in [-0.4, -0.2) is 58.5 Å². The fourth-order valence-corrected chi connectivity index (χ4v) is 5.25. The van der Waals surface area contributed by atoms with Gasteiger partial charge in [-0.1, -0.05) is 36.3 Å². The van der Waals surface area contributed by atoms with Gasteiger partial charge in [0.15, 0.2) is 0 Å². The van der Waals surface area contributed by atoms with E-state index in [0.717, 1.165) is 33.5 Å². The van der Waals surface area contributed by atoms with Crippen LogP contribution in [0.5, 0.6) is 5.75 Å². The van der Waals surface area contributed by atoms with Crippen LogP contribution in [-0.2, 0) is 11.2 Å². The summed E-state index contributed by atoms with van der Waals surface area (Å²) < 4.78 is 5.46. The number of imide groups is 1. The van der Waals surface area contributed by atoms with Crippen LogP contribution in [0.1, 0.15) is 36.7 Å². The number of benzene rings is 2. The second-order valence-corrected chi connectivity index (χ2v) is 9.14. The van der Waals surface area contributed by atoms with Crippen molar-refractivity contribution in [2.45, 2.75) is 37.9 Å². The molecule has 2 aromatic carbocycles. The molecular weight excluding hydrogens is 428 g/mol. The van der Waals surface area contributed by atoms with Gasteiger partial charge in [0.25, 0.3) is 5.91 Å². The molecule has 3 heterocycles. The molecule has 2 aliphatic rings. The topological polar surface area (TPSA) is 77.7 Å². The van der Waals surface area contributed by atoms with Crippen LogP contribution in [0, 0.1) is 12.3 Å². The van der Waals surface area contributed by atoms with Crippen molar-refractivity contribution < 1.29 is 14.3 Å². The van der Waals surface area contributed by atoms with Crippen molar-refractivity contribution in [1.29, 1.82) is 0 Å². The van der Waals surface area contributed by atoms with Gasteiger partial charge in [-0.25, -0.2) is 4.79 Å². The number of nitrogens with zero attached hydrogens (tertiary/aromatic N) is 2. The normalized spacial score (nSPS) is 22.5. The van der Waals surface area contributed by atoms with Crippen LogP contribution >= 0.6 is 0 Å². The number of hydrogen-bond donors (Lipinski definition) is 2. The molecule has 3 aromatic rings. The van der Waals surface area contributed by atoms with Gasteiger partial charge in [-0.05, 0) is 43.2 Å². The number of methoxy groups -OCH3 is 1. The fraction of sp³-hybridized carbons (Fsp3) is 0.333. The average molecular weight is 457 g/mol. The first kappa shape index (κ1) is 22.1. The Labute approximate surface area is 199 Å². The average Bonchev–Trinajstić information content (AvgIpc) is 3.30. The lowest BCUT2D eigenvalue weighted by Crippen LogP contribution is -2.53. The highest BCUT2D eigenvalue weighted by Crippen LogP contribution is 2.48. The molecule has 0 bridgehead atoms. The summed E-state index contributed by atoms with van der Waals surface area (Å²) in [5.41, 5.74) is 2.90. The maximum Gasteiger partial charge on any atom is 0.328 e. The second-order valence-electron chi connectivity index (χ2n) is 9.14. The minimum absolute atomic E-state index is 0.135. The van der Waals surface area contributed by atoms with E-state index in [2.05, 4.69) is 16.2 Å². The molecule has 7 heteroatoms. The number of hydrogen-bond acceptors (Lipinski definition) is 4. The molecular formula is C27H28N4O3. The minimum atomic E-state index is -0.999. The summed E-state index contributed by atoms with van der Waals surface area (Å²) in [5.74, 6) is 3.18. The molecule has 0 aliphatic carbocycles. The lowest BCUT2D eigenvalue weighted by molar-refractivity contribution is -0.133. The highest BCUT2D eigenvalue weighted by Gasteiger charge is 2.60. The van der Waals surface area contributed by atoms with E-state index >= 15 is 0 Å². The first-order chi connectivity index (χ1) is 16.4. The standard InChI is InChI=1S/C27H28N4O3/c1-5-17(2)28-13-14-30-25(32)27(3)16-21-20-15-19(34-4)11-12-22(20)29-23(21)24(31(27)26(30)33)18-9-7-6-8-10-18/h1,6-12,15,17,24,28-29H,13-14,16H2,2-4H3/t17?,24?,27-/m0/s1. The van der Waals surface area contributed by atoms with Gasteiger partial charge in [0, 0.05) is 36.1 Å². The minimum Gasteiger partial charge on any atom is -0.497 e. The summed E-state index contributed by atoms with van der Waals surface area (Å²) in [6.45, 7) is 4.45. The molecule has 3 amide bonds. The van der Waals surface area contributed by atoms with Gasteiger partial charge < -0.3 is 15.0 Å². The number of urea groups is 1. The molecule has 2 N–H and O–H groups in total. The second kappa shape index (κ2) is 8.23. The summed E-state index contributed by atoms with van der Waals surface area (Å²) in [5, 5.41) is 4.18. The maximum absolute atomic E-state index is 13.7. The number of amides is 3. The smallest absolute Gasteiger partial charge is 0.328 e. The van der Waals surface area contributed by atoms with E-state index in [1.165, 1.54) is 4.90 Å². The van der Waals surface area contributed by atoms with Crippen LogP contribution in [0.4, 0.5) is 4.79 Å². The van der Waals surface area contributed by atoms with E-state index in [-0.39, 0.29) is 24.5 Å². The number of carbonyl (C=O) groups excluding carboxylic acids is 2. The Balaban J connectivity index is 1.62. The van der Waals surface area contributed by atoms with Crippen LogP contribution in [0.15, 0.2) is 48.5 Å². The maximum atomic E-state index is 13.7. The highest BCUT2D eigenvalue weighted by molar-refractivity contribution is 6.08. The third-order valence-electron chi connectivity index (χ3n) is 7.02. The van der Waals surface area contributed by atoms with Crippen molar-refractivity contribution in [1.82, 2.24) is 20.1 Å². The van der Waals surface area contributed by atoms with E-state index < -0.39 is 11.6 Å². The van der Waals surface area contributed by atoms with E-state index in [4.69, 9.17) is 11.2 Å². The van der Waals surface area contributed by atoms with E-state index in [0.29, 0.717) is 13.0 Å². The summed E-state index contributed by atoms with van der Waals surface area (Å²) in [6, 6.07) is 14.9. The van der Waals surface area contributed by atoms with E-state index in [1.54, 1.807) is 12.0 Å². The van der Waals surface area contributed by atoms with Gasteiger partial charge in [0.05, 0.1) is 13.2 Å². The molecule has 174 valence electrons. The van der Waals surface area contributed by atoms with E-state index in [1.807, 2.05) is 62.4 Å². The van der Waals surface area contributed by atoms with Gasteiger partial charge in [0.1, 0.15) is 17.3 Å². The van der Waals surface area contributed by atoms with Gasteiger partial charge in [-0.15, -0.1) is 6.42 Å². The zero-order valence-corrected chi connectivity index (χ0v) is 19.6. The van der Waals surface area contributed by atoms with Crippen LogP contribution < -0.4 is 10.1 Å². The van der Waals surface area contributed by atoms with Crippen molar-refractivity contribution in [3.8, 4) is 18.1 Å². The lowest BCUT2D eigenvalue weighted by Gasteiger charge is -2.42. The molecule has 0 radical (unpaired) electrons. The molecule has 34 heavy (non-hydrogen) atoms. The number of H-pyrrole nitrogens is 1. The lowest BCUT2D eigenvalue weighted by atomic mass is 9.81. The van der Waals surface area contributed by atoms with Crippen molar-refractivity contribution in [3.63, 3.8) is 0 Å². The fourth-order valence-electron chi connectivity index (χ4n) is 5.25. The number of nitrogens with one attached hydrogen (secondary N) is 2. The number of fused-ring (bicyclic) bond motifs is 4. The third kappa shape index (κ3) is 3.25. The largest absolute Gasteiger partial charge is 0.497 e. The third-order valence-corrected chi connectivity index (χ3v) is 7.02. The monoisotopic (exact) mass is 456 g/mol. The Morgan fingerprint density at radius 2 is 2.03 bits per heavy atom. The predicted molar refractivity (Wildman–Crippen MR) is 130 cm³/mol. The van der Waals surface area contributed by atoms with Crippen LogP contribution in [0.2, 0.25) is 0 Å². The molecule has 5 rings (SSSR count). The Hall–Kier alpha value is -3.76. The number of terminal acetylenes is 1. The van der Waals surface area contributed by atoms with Crippen LogP contribution in [0.3, 0.4) is 0 Å². The molecule has 2 aliphatic heterocycles. The zero-order valence-electron chi connectivity index (χ0n) is 19.6. The number of rotatable bonds is 6. The van der Waals surface area contributed by atoms with Gasteiger partial charge >= 0.3 is 6.03 Å². The molecule has 0 spiro atoms. The van der Waals surface area contributed by atoms with Crippen molar-refractivity contribution in [2.75, 3.05) is 20.2 Å². The Morgan fingerprint density at radius 3 is 2.74 bits per heavy atom. The van der Waals surface area contributed by atoms with Gasteiger partial charge in [0.2, 0.25) is 0 Å². The van der Waals surface area contributed by atoms with Crippen molar-refractivity contribution >= 4 is 22.8 Å². The predicted octanol–water partition coefficient (Wildman–Crippen LogP) is 3.46. The van der Waals surface area contributed by atoms with Gasteiger partial charge in [-0.3, -0.25) is 14.6 Å². The molecule has 1 fully saturated rings. The number of aromatic nitrogens is 1. The number of aromatic amines is 1. The summed E-state index contributed by atoms with van der Waals surface area (Å²) in [4.78, 5) is 34.1. The van der Waals surface area contributed by atoms with Crippen LogP contribution in [0.25, 0.3) is 10.9 Å². The molecule has 2 unspecified atom stereocenters. The number of carbonyl (C=O) groups is 2. The van der Waals surface area contributed by atoms with Gasteiger partial charge in [-0.2, -0.15) is 0 Å². The van der Waals surface area contributed by atoms with E-state index in [9.17, 15) is 9.59 Å². The summed E-state index contributed by atoms with van der Waals surface area (Å²) >= 11 is 0. The molecule has 1 aromatic heterocycles. The first-order valence-electron chi connectivity index (χ1n) is 11.5. The Bertz CT molecular complexity index is 1310. The van der Waals surface area contributed by atoms with Crippen molar-refractivity contribution in [3.05, 3.63) is 65.4 Å². The Morgan fingerprint density at radius 1 is 1.26 bits per heavy atom. The molecule has 7 nitrogen and oxygen atoms in total. The summed E-state index contributed by atoms with van der Waals surface area (Å²) in [7, 11) is 1.64. The number of ether oxygens (including phenoxy) is 1. The zero-order chi connectivity index (χ0) is 24.0. The highest BCUT2D eigenvalue weighted by atomic mass is 16.5. The Kier molecular flexibility index (Phi) is 5.34. The quantitative estimate of drug-likeness (QED) is 0.440.